The lowest BCUT2D eigenvalue weighted by atomic mass is 10.2. The van der Waals surface area contributed by atoms with Gasteiger partial charge in [0, 0.05) is 4.47 Å². The number of rotatable bonds is 2. The lowest BCUT2D eigenvalue weighted by molar-refractivity contribution is 0.0599. The molecule has 0 spiro atoms. The maximum absolute atomic E-state index is 12.4. The average Bonchev–Trinajstić information content (AvgIpc) is 2.83. The Kier molecular flexibility index (Phi) is 4.39. The van der Waals surface area contributed by atoms with Crippen LogP contribution in [0.1, 0.15) is 20.8 Å². The van der Waals surface area contributed by atoms with Crippen LogP contribution in [0.3, 0.4) is 0 Å². The van der Waals surface area contributed by atoms with E-state index in [2.05, 4.69) is 26.1 Å². The molecule has 2 rings (SSSR count). The summed E-state index contributed by atoms with van der Waals surface area (Å²) in [6, 6.07) is 7.34. The fraction of sp³-hybridized carbons (Fsp3) is 0.308. The maximum atomic E-state index is 12.4. The van der Waals surface area contributed by atoms with Crippen molar-refractivity contribution in [3.05, 3.63) is 34.2 Å². The second-order valence-electron chi connectivity index (χ2n) is 5.01. The fourth-order valence-corrected chi connectivity index (χ4v) is 2.29. The second-order valence-corrected chi connectivity index (χ2v) is 6.74. The first kappa shape index (κ1) is 14.9. The standard InChI is InChI=1S/C13H14BrN3O2S/c1-13(2,3)19-12(18)17(11-16-15-8-20-11)10-6-4-9(14)5-7-10/h4-8H,1-3H3. The molecule has 0 radical (unpaired) electrons. The zero-order valence-corrected chi connectivity index (χ0v) is 13.7. The summed E-state index contributed by atoms with van der Waals surface area (Å²) in [5.74, 6) is 0. The van der Waals surface area contributed by atoms with Crippen molar-refractivity contribution in [3.8, 4) is 0 Å². The Morgan fingerprint density at radius 2 is 1.95 bits per heavy atom. The smallest absolute Gasteiger partial charge is 0.421 e. The summed E-state index contributed by atoms with van der Waals surface area (Å²) in [5.41, 5.74) is 1.68. The Bertz CT molecular complexity index is 579. The Labute approximate surface area is 129 Å². The number of hydrogen-bond donors (Lipinski definition) is 0. The van der Waals surface area contributed by atoms with Gasteiger partial charge in [0.15, 0.2) is 0 Å². The van der Waals surface area contributed by atoms with E-state index < -0.39 is 11.7 Å². The van der Waals surface area contributed by atoms with Crippen LogP contribution in [-0.4, -0.2) is 21.9 Å². The second kappa shape index (κ2) is 5.88. The monoisotopic (exact) mass is 355 g/mol. The predicted octanol–water partition coefficient (Wildman–Crippen LogP) is 4.37. The molecule has 20 heavy (non-hydrogen) atoms. The summed E-state index contributed by atoms with van der Waals surface area (Å²) in [4.78, 5) is 13.8. The van der Waals surface area contributed by atoms with Crippen LogP contribution in [-0.2, 0) is 4.74 Å². The number of carbonyl (C=O) groups excluding carboxylic acids is 1. The van der Waals surface area contributed by atoms with Gasteiger partial charge in [0.05, 0.1) is 5.69 Å². The third-order valence-electron chi connectivity index (χ3n) is 2.20. The van der Waals surface area contributed by atoms with E-state index in [1.807, 2.05) is 45.0 Å². The Balaban J connectivity index is 2.35. The minimum atomic E-state index is -0.574. The molecule has 0 atom stereocenters. The highest BCUT2D eigenvalue weighted by Crippen LogP contribution is 2.29. The van der Waals surface area contributed by atoms with Gasteiger partial charge < -0.3 is 4.74 Å². The van der Waals surface area contributed by atoms with Crippen LogP contribution < -0.4 is 4.90 Å². The minimum Gasteiger partial charge on any atom is -0.443 e. The molecular formula is C13H14BrN3O2S. The van der Waals surface area contributed by atoms with Crippen LogP contribution in [0.5, 0.6) is 0 Å². The van der Waals surface area contributed by atoms with Gasteiger partial charge >= 0.3 is 6.09 Å². The maximum Gasteiger partial charge on any atom is 0.421 e. The zero-order chi connectivity index (χ0) is 14.8. The number of ether oxygens (including phenoxy) is 1. The molecule has 1 heterocycles. The minimum absolute atomic E-state index is 0.474. The molecule has 0 aliphatic carbocycles. The number of amides is 1. The molecular weight excluding hydrogens is 342 g/mol. The van der Waals surface area contributed by atoms with E-state index in [-0.39, 0.29) is 0 Å². The van der Waals surface area contributed by atoms with Crippen molar-refractivity contribution in [1.82, 2.24) is 10.2 Å². The van der Waals surface area contributed by atoms with Gasteiger partial charge in [-0.3, -0.25) is 0 Å². The van der Waals surface area contributed by atoms with Gasteiger partial charge in [-0.25, -0.2) is 9.69 Å². The number of hydrogen-bond acceptors (Lipinski definition) is 5. The van der Waals surface area contributed by atoms with Crippen molar-refractivity contribution < 1.29 is 9.53 Å². The summed E-state index contributed by atoms with van der Waals surface area (Å²) in [5, 5.41) is 8.20. The third kappa shape index (κ3) is 3.77. The predicted molar refractivity (Wildman–Crippen MR) is 82.4 cm³/mol. The van der Waals surface area contributed by atoms with Crippen LogP contribution in [0.2, 0.25) is 0 Å². The van der Waals surface area contributed by atoms with Crippen LogP contribution in [0, 0.1) is 0 Å². The Morgan fingerprint density at radius 3 is 2.45 bits per heavy atom. The van der Waals surface area contributed by atoms with Crippen LogP contribution >= 0.6 is 27.3 Å². The van der Waals surface area contributed by atoms with E-state index >= 15 is 0 Å². The molecule has 0 N–H and O–H groups in total. The van der Waals surface area contributed by atoms with Gasteiger partial charge in [0.1, 0.15) is 11.1 Å². The SMILES string of the molecule is CC(C)(C)OC(=O)N(c1ccc(Br)cc1)c1nncs1. The van der Waals surface area contributed by atoms with E-state index in [0.717, 1.165) is 4.47 Å². The summed E-state index contributed by atoms with van der Waals surface area (Å²) in [6.45, 7) is 5.47. The number of aromatic nitrogens is 2. The molecule has 7 heteroatoms. The quantitative estimate of drug-likeness (QED) is 0.802. The number of benzene rings is 1. The summed E-state index contributed by atoms with van der Waals surface area (Å²) in [7, 11) is 0. The molecule has 0 unspecified atom stereocenters. The van der Waals surface area contributed by atoms with Gasteiger partial charge in [-0.1, -0.05) is 27.3 Å². The van der Waals surface area contributed by atoms with Gasteiger partial charge in [0.25, 0.3) is 0 Å². The van der Waals surface area contributed by atoms with Gasteiger partial charge in [-0.05, 0) is 45.0 Å². The van der Waals surface area contributed by atoms with Crippen LogP contribution in [0.25, 0.3) is 0 Å². The normalized spacial score (nSPS) is 11.2. The first-order valence-electron chi connectivity index (χ1n) is 5.92. The van der Waals surface area contributed by atoms with Gasteiger partial charge in [0.2, 0.25) is 5.13 Å². The highest BCUT2D eigenvalue weighted by atomic mass is 79.9. The largest absolute Gasteiger partial charge is 0.443 e. The summed E-state index contributed by atoms with van der Waals surface area (Å²) >= 11 is 4.64. The van der Waals surface area contributed by atoms with Crippen molar-refractivity contribution in [1.29, 1.82) is 0 Å². The highest BCUT2D eigenvalue weighted by Gasteiger charge is 2.26. The van der Waals surface area contributed by atoms with Crippen LogP contribution in [0.4, 0.5) is 15.6 Å². The van der Waals surface area contributed by atoms with Gasteiger partial charge in [-0.2, -0.15) is 0 Å². The lowest BCUT2D eigenvalue weighted by Gasteiger charge is -2.25. The number of anilines is 2. The van der Waals surface area contributed by atoms with Crippen molar-refractivity contribution in [3.63, 3.8) is 0 Å². The van der Waals surface area contributed by atoms with E-state index in [4.69, 9.17) is 4.74 Å². The lowest BCUT2D eigenvalue weighted by Crippen LogP contribution is -2.33. The first-order valence-corrected chi connectivity index (χ1v) is 7.59. The molecule has 0 aliphatic rings. The number of nitrogens with zero attached hydrogens (tertiary/aromatic N) is 3. The highest BCUT2D eigenvalue weighted by molar-refractivity contribution is 9.10. The summed E-state index contributed by atoms with van der Waals surface area (Å²) < 4.78 is 6.36. The van der Waals surface area contributed by atoms with E-state index in [1.54, 1.807) is 5.51 Å². The van der Waals surface area contributed by atoms with Crippen LogP contribution in [0.15, 0.2) is 34.2 Å². The molecule has 106 valence electrons. The molecule has 1 amide bonds. The molecule has 0 aliphatic heterocycles. The third-order valence-corrected chi connectivity index (χ3v) is 3.40. The van der Waals surface area contributed by atoms with Crippen molar-refractivity contribution >= 4 is 44.2 Å². The Hall–Kier alpha value is -1.47. The molecule has 2 aromatic rings. The van der Waals surface area contributed by atoms with Crippen molar-refractivity contribution in [2.75, 3.05) is 4.90 Å². The zero-order valence-electron chi connectivity index (χ0n) is 11.3. The molecule has 0 bridgehead atoms. The van der Waals surface area contributed by atoms with E-state index in [0.29, 0.717) is 10.8 Å². The molecule has 1 aromatic heterocycles. The molecule has 0 fully saturated rings. The molecule has 5 nitrogen and oxygen atoms in total. The first-order chi connectivity index (χ1) is 9.37. The molecule has 1 aromatic carbocycles. The topological polar surface area (TPSA) is 55.3 Å². The average molecular weight is 356 g/mol. The number of carbonyl (C=O) groups is 1. The van der Waals surface area contributed by atoms with Gasteiger partial charge in [-0.15, -0.1) is 10.2 Å². The van der Waals surface area contributed by atoms with Crippen molar-refractivity contribution in [2.24, 2.45) is 0 Å². The molecule has 0 saturated carbocycles. The summed E-state index contributed by atoms with van der Waals surface area (Å²) in [6.07, 6.45) is -0.475. The number of halogens is 1. The molecule has 0 saturated heterocycles. The van der Waals surface area contributed by atoms with E-state index in [9.17, 15) is 4.79 Å². The fourth-order valence-electron chi connectivity index (χ4n) is 1.46. The van der Waals surface area contributed by atoms with E-state index in [1.165, 1.54) is 16.2 Å². The van der Waals surface area contributed by atoms with Crippen molar-refractivity contribution in [2.45, 2.75) is 26.4 Å². The Morgan fingerprint density at radius 1 is 1.30 bits per heavy atom.